The third kappa shape index (κ3) is 3.62. The van der Waals surface area contributed by atoms with Gasteiger partial charge in [-0.1, -0.05) is 6.07 Å². The molecule has 0 spiro atoms. The molecule has 3 rings (SSSR count). The number of anilines is 2. The molecule has 1 unspecified atom stereocenters. The fourth-order valence-corrected chi connectivity index (χ4v) is 3.25. The lowest BCUT2D eigenvalue weighted by atomic mass is 10.1. The highest BCUT2D eigenvalue weighted by molar-refractivity contribution is 6.00. The molecule has 0 bridgehead atoms. The van der Waals surface area contributed by atoms with E-state index in [-0.39, 0.29) is 11.9 Å². The molecule has 0 aliphatic carbocycles. The van der Waals surface area contributed by atoms with Gasteiger partial charge >= 0.3 is 0 Å². The van der Waals surface area contributed by atoms with E-state index < -0.39 is 0 Å². The summed E-state index contributed by atoms with van der Waals surface area (Å²) in [7, 11) is 1.62. The maximum atomic E-state index is 13.0. The third-order valence-electron chi connectivity index (χ3n) is 4.59. The smallest absolute Gasteiger partial charge is 0.249 e. The molecule has 2 N–H and O–H groups in total. The Hall–Kier alpha value is -2.67. The van der Waals surface area contributed by atoms with Gasteiger partial charge in [0.1, 0.15) is 23.4 Å². The molecule has 0 radical (unpaired) electrons. The summed E-state index contributed by atoms with van der Waals surface area (Å²) in [6.45, 7) is 5.60. The van der Waals surface area contributed by atoms with Gasteiger partial charge in [0.25, 0.3) is 0 Å². The van der Waals surface area contributed by atoms with Crippen molar-refractivity contribution in [1.82, 2.24) is 9.97 Å². The quantitative estimate of drug-likeness (QED) is 0.876. The van der Waals surface area contributed by atoms with Gasteiger partial charge in [0, 0.05) is 43.0 Å². The molecule has 2 heterocycles. The van der Waals surface area contributed by atoms with Crippen LogP contribution in [0.3, 0.4) is 0 Å². The summed E-state index contributed by atoms with van der Waals surface area (Å²) in [5, 5.41) is 0. The molecule has 2 aromatic rings. The molecule has 1 fully saturated rings. The van der Waals surface area contributed by atoms with Gasteiger partial charge in [0.2, 0.25) is 5.91 Å². The van der Waals surface area contributed by atoms with Crippen LogP contribution in [0, 0.1) is 6.92 Å². The molecule has 7 heteroatoms. The average Bonchev–Trinajstić information content (AvgIpc) is 2.63. The van der Waals surface area contributed by atoms with Crippen LogP contribution in [0.5, 0.6) is 5.75 Å². The highest BCUT2D eigenvalue weighted by Crippen LogP contribution is 2.26. The SMILES string of the molecule is COc1cccc(N2CCN(c3cc(CCN)nc(C)n3)C(C)C2=O)c1. The van der Waals surface area contributed by atoms with Gasteiger partial charge in [-0.2, -0.15) is 0 Å². The summed E-state index contributed by atoms with van der Waals surface area (Å²) >= 11 is 0. The first-order valence-electron chi connectivity index (χ1n) is 8.80. The number of ether oxygens (including phenoxy) is 1. The van der Waals surface area contributed by atoms with Crippen molar-refractivity contribution in [2.24, 2.45) is 5.73 Å². The largest absolute Gasteiger partial charge is 0.497 e. The van der Waals surface area contributed by atoms with Crippen LogP contribution in [-0.2, 0) is 11.2 Å². The van der Waals surface area contributed by atoms with Crippen molar-refractivity contribution in [2.75, 3.05) is 36.5 Å². The van der Waals surface area contributed by atoms with Crippen LogP contribution in [0.2, 0.25) is 0 Å². The van der Waals surface area contributed by atoms with Crippen LogP contribution in [-0.4, -0.2) is 48.7 Å². The number of carbonyl (C=O) groups excluding carboxylic acids is 1. The summed E-state index contributed by atoms with van der Waals surface area (Å²) < 4.78 is 5.27. The normalized spacial score (nSPS) is 17.5. The summed E-state index contributed by atoms with van der Waals surface area (Å²) in [5.41, 5.74) is 7.41. The van der Waals surface area contributed by atoms with Gasteiger partial charge in [-0.15, -0.1) is 0 Å². The maximum Gasteiger partial charge on any atom is 0.249 e. The molecule has 1 aliphatic heterocycles. The predicted molar refractivity (Wildman–Crippen MR) is 102 cm³/mol. The number of amides is 1. The van der Waals surface area contributed by atoms with Crippen molar-refractivity contribution in [3.63, 3.8) is 0 Å². The summed E-state index contributed by atoms with van der Waals surface area (Å²) in [5.74, 6) is 2.26. The minimum Gasteiger partial charge on any atom is -0.497 e. The number of methoxy groups -OCH3 is 1. The standard InChI is InChI=1S/C19H25N5O2/c1-13-19(25)24(16-5-4-6-17(12-16)26-3)10-9-23(13)18-11-15(7-8-20)21-14(2)22-18/h4-6,11-13H,7-10,20H2,1-3H3. The summed E-state index contributed by atoms with van der Waals surface area (Å²) in [6, 6.07) is 9.20. The van der Waals surface area contributed by atoms with Gasteiger partial charge in [-0.25, -0.2) is 9.97 Å². The second-order valence-electron chi connectivity index (χ2n) is 6.36. The number of benzene rings is 1. The molecule has 0 saturated carbocycles. The molecule has 1 amide bonds. The lowest BCUT2D eigenvalue weighted by Gasteiger charge is -2.40. The molecular formula is C19H25N5O2. The summed E-state index contributed by atoms with van der Waals surface area (Å²) in [4.78, 5) is 25.8. The maximum absolute atomic E-state index is 13.0. The van der Waals surface area contributed by atoms with Crippen LogP contribution in [0.25, 0.3) is 0 Å². The van der Waals surface area contributed by atoms with Gasteiger partial charge in [0.05, 0.1) is 7.11 Å². The minimum atomic E-state index is -0.310. The number of piperazine rings is 1. The number of nitrogens with two attached hydrogens (primary N) is 1. The number of rotatable bonds is 5. The van der Waals surface area contributed by atoms with Crippen LogP contribution < -0.4 is 20.3 Å². The Balaban J connectivity index is 1.83. The molecule has 1 saturated heterocycles. The first kappa shape index (κ1) is 18.1. The molecule has 7 nitrogen and oxygen atoms in total. The Bertz CT molecular complexity index is 795. The van der Waals surface area contributed by atoms with Gasteiger partial charge in [0.15, 0.2) is 0 Å². The van der Waals surface area contributed by atoms with Crippen LogP contribution in [0.15, 0.2) is 30.3 Å². The first-order valence-corrected chi connectivity index (χ1v) is 8.80. The Kier molecular flexibility index (Phi) is 5.37. The monoisotopic (exact) mass is 355 g/mol. The number of hydrogen-bond donors (Lipinski definition) is 1. The molecule has 1 atom stereocenters. The number of carbonyl (C=O) groups is 1. The number of nitrogens with zero attached hydrogens (tertiary/aromatic N) is 4. The fraction of sp³-hybridized carbons (Fsp3) is 0.421. The van der Waals surface area contributed by atoms with Crippen molar-refractivity contribution in [2.45, 2.75) is 26.3 Å². The summed E-state index contributed by atoms with van der Waals surface area (Å²) in [6.07, 6.45) is 0.697. The van der Waals surface area contributed by atoms with Crippen molar-refractivity contribution < 1.29 is 9.53 Å². The highest BCUT2D eigenvalue weighted by Gasteiger charge is 2.33. The Morgan fingerprint density at radius 2 is 2.08 bits per heavy atom. The molecule has 1 aromatic heterocycles. The molecule has 1 aliphatic rings. The fourth-order valence-electron chi connectivity index (χ4n) is 3.25. The van der Waals surface area contributed by atoms with Crippen molar-refractivity contribution in [1.29, 1.82) is 0 Å². The van der Waals surface area contributed by atoms with Gasteiger partial charge < -0.3 is 20.3 Å². The zero-order valence-corrected chi connectivity index (χ0v) is 15.5. The second-order valence-corrected chi connectivity index (χ2v) is 6.36. The lowest BCUT2D eigenvalue weighted by molar-refractivity contribution is -0.120. The van der Waals surface area contributed by atoms with Crippen molar-refractivity contribution in [3.8, 4) is 5.75 Å². The second kappa shape index (κ2) is 7.70. The number of hydrogen-bond acceptors (Lipinski definition) is 6. The van der Waals surface area contributed by atoms with E-state index in [9.17, 15) is 4.79 Å². The number of aromatic nitrogens is 2. The Labute approximate surface area is 153 Å². The van der Waals surface area contributed by atoms with E-state index in [0.717, 1.165) is 22.9 Å². The topological polar surface area (TPSA) is 84.6 Å². The van der Waals surface area contributed by atoms with E-state index in [1.807, 2.05) is 49.1 Å². The Morgan fingerprint density at radius 1 is 1.27 bits per heavy atom. The van der Waals surface area contributed by atoms with E-state index >= 15 is 0 Å². The minimum absolute atomic E-state index is 0.0427. The van der Waals surface area contributed by atoms with E-state index in [2.05, 4.69) is 9.97 Å². The highest BCUT2D eigenvalue weighted by atomic mass is 16.5. The number of aryl methyl sites for hydroxylation is 1. The van der Waals surface area contributed by atoms with Crippen LogP contribution in [0.1, 0.15) is 18.4 Å². The van der Waals surface area contributed by atoms with E-state index in [0.29, 0.717) is 31.9 Å². The van der Waals surface area contributed by atoms with Gasteiger partial charge in [-0.05, 0) is 32.5 Å². The predicted octanol–water partition coefficient (Wildman–Crippen LogP) is 1.54. The third-order valence-corrected chi connectivity index (χ3v) is 4.59. The Morgan fingerprint density at radius 3 is 2.81 bits per heavy atom. The zero-order chi connectivity index (χ0) is 18.7. The molecule has 1 aromatic carbocycles. The molecule has 26 heavy (non-hydrogen) atoms. The molecule has 138 valence electrons. The van der Waals surface area contributed by atoms with E-state index in [1.165, 1.54) is 0 Å². The lowest BCUT2D eigenvalue weighted by Crippen LogP contribution is -2.56. The average molecular weight is 355 g/mol. The first-order chi connectivity index (χ1) is 12.5. The van der Waals surface area contributed by atoms with E-state index in [4.69, 9.17) is 10.5 Å². The zero-order valence-electron chi connectivity index (χ0n) is 15.5. The van der Waals surface area contributed by atoms with Crippen molar-refractivity contribution >= 4 is 17.4 Å². The van der Waals surface area contributed by atoms with Crippen molar-refractivity contribution in [3.05, 3.63) is 41.9 Å². The van der Waals surface area contributed by atoms with Crippen LogP contribution >= 0.6 is 0 Å². The molecular weight excluding hydrogens is 330 g/mol. The van der Waals surface area contributed by atoms with Crippen LogP contribution in [0.4, 0.5) is 11.5 Å². The van der Waals surface area contributed by atoms with E-state index in [1.54, 1.807) is 12.0 Å². The van der Waals surface area contributed by atoms with Gasteiger partial charge in [-0.3, -0.25) is 4.79 Å².